The smallest absolute Gasteiger partial charge is 0.382 e. The predicted octanol–water partition coefficient (Wildman–Crippen LogP) is 7.59. The highest BCUT2D eigenvalue weighted by atomic mass is 32.2. The molecule has 0 heterocycles. The standard InChI is InChI=1S/C34H27F3O6S2/c1-44(38,39)42-31-20-18-27(22-29(31)24-12-6-3-7-13-24)33(34(35,36)37,26-16-10-5-11-17-26)28-19-21-32(43-45(2,40)41)30(23-28)25-14-8-4-9-15-25/h3-23H,1-2H3. The average molecular weight is 653 g/mol. The second-order valence-corrected chi connectivity index (χ2v) is 13.5. The minimum Gasteiger partial charge on any atom is -0.382 e. The Morgan fingerprint density at radius 2 is 0.844 bits per heavy atom. The molecule has 0 spiro atoms. The first-order valence-corrected chi connectivity index (χ1v) is 17.1. The Hall–Kier alpha value is -4.61. The van der Waals surface area contributed by atoms with Crippen molar-refractivity contribution in [3.63, 3.8) is 0 Å². The van der Waals surface area contributed by atoms with Crippen molar-refractivity contribution < 1.29 is 38.4 Å². The highest BCUT2D eigenvalue weighted by Crippen LogP contribution is 2.53. The van der Waals surface area contributed by atoms with E-state index in [1.807, 2.05) is 0 Å². The average Bonchev–Trinajstić information content (AvgIpc) is 2.98. The lowest BCUT2D eigenvalue weighted by molar-refractivity contribution is -0.166. The number of benzene rings is 5. The lowest BCUT2D eigenvalue weighted by Gasteiger charge is -2.38. The molecule has 0 fully saturated rings. The van der Waals surface area contributed by atoms with Gasteiger partial charge in [-0.05, 0) is 52.1 Å². The summed E-state index contributed by atoms with van der Waals surface area (Å²) in [6, 6.07) is 31.3. The van der Waals surface area contributed by atoms with Crippen molar-refractivity contribution >= 4 is 20.2 Å². The van der Waals surface area contributed by atoms with Gasteiger partial charge >= 0.3 is 26.4 Å². The molecule has 11 heteroatoms. The van der Waals surface area contributed by atoms with Crippen LogP contribution in [-0.4, -0.2) is 35.5 Å². The fourth-order valence-electron chi connectivity index (χ4n) is 5.36. The molecule has 5 aromatic carbocycles. The van der Waals surface area contributed by atoms with Gasteiger partial charge in [0, 0.05) is 11.1 Å². The highest BCUT2D eigenvalue weighted by molar-refractivity contribution is 7.86. The molecule has 0 unspecified atom stereocenters. The molecule has 45 heavy (non-hydrogen) atoms. The van der Waals surface area contributed by atoms with Gasteiger partial charge in [0.1, 0.15) is 16.9 Å². The molecule has 0 aliphatic rings. The molecule has 5 aromatic rings. The molecule has 0 aromatic heterocycles. The topological polar surface area (TPSA) is 86.7 Å². The van der Waals surface area contributed by atoms with Gasteiger partial charge in [-0.15, -0.1) is 0 Å². The van der Waals surface area contributed by atoms with Crippen LogP contribution in [0.5, 0.6) is 11.5 Å². The van der Waals surface area contributed by atoms with Gasteiger partial charge in [-0.1, -0.05) is 103 Å². The van der Waals surface area contributed by atoms with Crippen LogP contribution in [0.2, 0.25) is 0 Å². The maximum Gasteiger partial charge on any atom is 0.406 e. The second-order valence-electron chi connectivity index (χ2n) is 10.3. The van der Waals surface area contributed by atoms with Crippen molar-refractivity contribution in [3.05, 3.63) is 144 Å². The molecule has 0 atom stereocenters. The maximum absolute atomic E-state index is 16.0. The zero-order valence-electron chi connectivity index (χ0n) is 24.0. The number of hydrogen-bond donors (Lipinski definition) is 0. The fourth-order valence-corrected chi connectivity index (χ4v) is 6.31. The number of rotatable bonds is 9. The normalized spacial score (nSPS) is 12.5. The van der Waals surface area contributed by atoms with Crippen molar-refractivity contribution in [2.24, 2.45) is 0 Å². The van der Waals surface area contributed by atoms with Gasteiger partial charge in [-0.2, -0.15) is 30.0 Å². The summed E-state index contributed by atoms with van der Waals surface area (Å²) in [5.74, 6) is -0.281. The van der Waals surface area contributed by atoms with Gasteiger partial charge in [-0.25, -0.2) is 0 Å². The first kappa shape index (κ1) is 31.8. The van der Waals surface area contributed by atoms with Crippen LogP contribution in [0.25, 0.3) is 22.3 Å². The zero-order chi connectivity index (χ0) is 32.5. The fraction of sp³-hybridized carbons (Fsp3) is 0.118. The molecular weight excluding hydrogens is 625 g/mol. The van der Waals surface area contributed by atoms with E-state index >= 15 is 13.2 Å². The molecule has 232 valence electrons. The summed E-state index contributed by atoms with van der Waals surface area (Å²) in [4.78, 5) is 0. The van der Waals surface area contributed by atoms with E-state index < -0.39 is 31.8 Å². The minimum atomic E-state index is -4.96. The Morgan fingerprint density at radius 1 is 0.489 bits per heavy atom. The summed E-state index contributed by atoms with van der Waals surface area (Å²) in [7, 11) is -8.06. The molecule has 5 rings (SSSR count). The summed E-state index contributed by atoms with van der Waals surface area (Å²) in [6.07, 6.45) is -3.26. The Kier molecular flexibility index (Phi) is 8.52. The van der Waals surface area contributed by atoms with E-state index in [2.05, 4.69) is 0 Å². The van der Waals surface area contributed by atoms with Crippen LogP contribution < -0.4 is 8.37 Å². The molecule has 0 aliphatic heterocycles. The summed E-state index contributed by atoms with van der Waals surface area (Å²) in [5.41, 5.74) is -2.26. The van der Waals surface area contributed by atoms with Crippen LogP contribution in [0.1, 0.15) is 16.7 Å². The Balaban J connectivity index is 1.89. The van der Waals surface area contributed by atoms with Gasteiger partial charge in [0.05, 0.1) is 12.5 Å². The molecule has 0 bridgehead atoms. The summed E-state index contributed by atoms with van der Waals surface area (Å²) < 4.78 is 107. The van der Waals surface area contributed by atoms with Crippen molar-refractivity contribution in [2.75, 3.05) is 12.5 Å². The van der Waals surface area contributed by atoms with Crippen molar-refractivity contribution in [1.82, 2.24) is 0 Å². The van der Waals surface area contributed by atoms with Crippen LogP contribution in [0, 0.1) is 0 Å². The second kappa shape index (κ2) is 12.1. The first-order chi connectivity index (χ1) is 21.2. The van der Waals surface area contributed by atoms with Gasteiger partial charge in [0.25, 0.3) is 0 Å². The van der Waals surface area contributed by atoms with Gasteiger partial charge < -0.3 is 8.37 Å². The minimum absolute atomic E-state index is 0.121. The molecule has 0 amide bonds. The van der Waals surface area contributed by atoms with Crippen molar-refractivity contribution in [2.45, 2.75) is 11.6 Å². The molecular formula is C34H27F3O6S2. The SMILES string of the molecule is CS(=O)(=O)Oc1ccc(C(c2ccccc2)(c2ccc(OS(C)(=O)=O)c(-c3ccccc3)c2)C(F)(F)F)cc1-c1ccccc1. The maximum atomic E-state index is 16.0. The number of hydrogen-bond acceptors (Lipinski definition) is 6. The quantitative estimate of drug-likeness (QED) is 0.120. The van der Waals surface area contributed by atoms with Crippen LogP contribution in [-0.2, 0) is 25.7 Å². The van der Waals surface area contributed by atoms with Crippen LogP contribution in [0.4, 0.5) is 13.2 Å². The highest BCUT2D eigenvalue weighted by Gasteiger charge is 2.58. The lowest BCUT2D eigenvalue weighted by Crippen LogP contribution is -2.44. The summed E-state index contributed by atoms with van der Waals surface area (Å²) in [5, 5.41) is 0. The molecule has 0 radical (unpaired) electrons. The number of halogens is 3. The summed E-state index contributed by atoms with van der Waals surface area (Å²) >= 11 is 0. The molecule has 6 nitrogen and oxygen atoms in total. The van der Waals surface area contributed by atoms with Crippen LogP contribution in [0.3, 0.4) is 0 Å². The third kappa shape index (κ3) is 6.74. The Labute approximate surface area is 260 Å². The Bertz CT molecular complexity index is 1910. The van der Waals surface area contributed by atoms with E-state index in [-0.39, 0.29) is 39.3 Å². The molecule has 0 saturated carbocycles. The first-order valence-electron chi connectivity index (χ1n) is 13.5. The Morgan fingerprint density at radius 3 is 1.18 bits per heavy atom. The number of alkyl halides is 3. The lowest BCUT2D eigenvalue weighted by atomic mass is 9.68. The van der Waals surface area contributed by atoms with Gasteiger partial charge in [-0.3, -0.25) is 0 Å². The van der Waals surface area contributed by atoms with E-state index in [1.165, 1.54) is 60.7 Å². The van der Waals surface area contributed by atoms with E-state index in [4.69, 9.17) is 8.37 Å². The van der Waals surface area contributed by atoms with Crippen molar-refractivity contribution in [1.29, 1.82) is 0 Å². The van der Waals surface area contributed by atoms with Gasteiger partial charge in [0.15, 0.2) is 0 Å². The van der Waals surface area contributed by atoms with Crippen LogP contribution >= 0.6 is 0 Å². The van der Waals surface area contributed by atoms with E-state index in [0.29, 0.717) is 11.1 Å². The van der Waals surface area contributed by atoms with E-state index in [1.54, 1.807) is 66.7 Å². The molecule has 0 aliphatic carbocycles. The monoisotopic (exact) mass is 652 g/mol. The molecule has 0 saturated heterocycles. The van der Waals surface area contributed by atoms with Crippen LogP contribution in [0.15, 0.2) is 127 Å². The van der Waals surface area contributed by atoms with Gasteiger partial charge in [0.2, 0.25) is 0 Å². The third-order valence-electron chi connectivity index (χ3n) is 7.11. The van der Waals surface area contributed by atoms with Crippen molar-refractivity contribution in [3.8, 4) is 33.8 Å². The largest absolute Gasteiger partial charge is 0.406 e. The predicted molar refractivity (Wildman–Crippen MR) is 167 cm³/mol. The third-order valence-corrected chi connectivity index (χ3v) is 8.07. The van der Waals surface area contributed by atoms with E-state index in [9.17, 15) is 16.8 Å². The summed E-state index contributed by atoms with van der Waals surface area (Å²) in [6.45, 7) is 0. The molecule has 0 N–H and O–H groups in total. The zero-order valence-corrected chi connectivity index (χ0v) is 25.7. The van der Waals surface area contributed by atoms with E-state index in [0.717, 1.165) is 12.5 Å².